The number of amides is 1. The molecule has 1 aliphatic heterocycles. The average molecular weight is 382 g/mol. The third-order valence-corrected chi connectivity index (χ3v) is 5.98. The number of nitrogens with one attached hydrogen (secondary N) is 1. The van der Waals surface area contributed by atoms with Crippen molar-refractivity contribution in [2.75, 3.05) is 13.1 Å². The van der Waals surface area contributed by atoms with E-state index >= 15 is 0 Å². The van der Waals surface area contributed by atoms with Crippen molar-refractivity contribution in [3.05, 3.63) is 35.4 Å². The van der Waals surface area contributed by atoms with Gasteiger partial charge in [-0.1, -0.05) is 19.1 Å². The Morgan fingerprint density at radius 1 is 1.26 bits per heavy atom. The summed E-state index contributed by atoms with van der Waals surface area (Å²) < 4.78 is 39.2. The smallest absolute Gasteiger partial charge is 0.333 e. The van der Waals surface area contributed by atoms with E-state index in [1.54, 1.807) is 6.07 Å². The van der Waals surface area contributed by atoms with Gasteiger partial charge in [0.1, 0.15) is 0 Å². The van der Waals surface area contributed by atoms with Crippen molar-refractivity contribution >= 4 is 5.91 Å². The molecule has 3 unspecified atom stereocenters. The summed E-state index contributed by atoms with van der Waals surface area (Å²) >= 11 is 0. The first-order valence-corrected chi connectivity index (χ1v) is 9.96. The van der Waals surface area contributed by atoms with Crippen LogP contribution in [-0.4, -0.2) is 29.9 Å². The lowest BCUT2D eigenvalue weighted by molar-refractivity contribution is -0.137. The van der Waals surface area contributed by atoms with Crippen molar-refractivity contribution in [2.45, 2.75) is 64.2 Å². The zero-order valence-corrected chi connectivity index (χ0v) is 16.1. The van der Waals surface area contributed by atoms with Crippen LogP contribution >= 0.6 is 0 Å². The number of rotatable bonds is 6. The summed E-state index contributed by atoms with van der Waals surface area (Å²) in [6.45, 7) is 5.95. The van der Waals surface area contributed by atoms with Crippen molar-refractivity contribution in [2.24, 2.45) is 11.8 Å². The van der Waals surface area contributed by atoms with Crippen LogP contribution in [0.25, 0.3) is 0 Å². The highest BCUT2D eigenvalue weighted by Crippen LogP contribution is 2.38. The van der Waals surface area contributed by atoms with Gasteiger partial charge in [0.25, 0.3) is 0 Å². The number of halogens is 3. The summed E-state index contributed by atoms with van der Waals surface area (Å²) in [5.41, 5.74) is -0.103. The van der Waals surface area contributed by atoms with Gasteiger partial charge in [0, 0.05) is 12.5 Å². The zero-order valence-electron chi connectivity index (χ0n) is 16.1. The third kappa shape index (κ3) is 5.03. The monoisotopic (exact) mass is 382 g/mol. The summed E-state index contributed by atoms with van der Waals surface area (Å²) in [7, 11) is 0. The van der Waals surface area contributed by atoms with Gasteiger partial charge in [-0.3, -0.25) is 4.79 Å². The minimum Gasteiger partial charge on any atom is -0.333 e. The van der Waals surface area contributed by atoms with E-state index in [1.807, 2.05) is 11.8 Å². The van der Waals surface area contributed by atoms with Crippen LogP contribution in [0.15, 0.2) is 24.3 Å². The van der Waals surface area contributed by atoms with E-state index in [2.05, 4.69) is 12.2 Å². The maximum atomic E-state index is 13.1. The Morgan fingerprint density at radius 3 is 2.59 bits per heavy atom. The van der Waals surface area contributed by atoms with Crippen LogP contribution in [0.4, 0.5) is 13.2 Å². The molecule has 0 aromatic heterocycles. The number of nitrogens with zero attached hydrogens (tertiary/aromatic N) is 1. The van der Waals surface area contributed by atoms with Gasteiger partial charge in [0.2, 0.25) is 5.91 Å². The van der Waals surface area contributed by atoms with Crippen molar-refractivity contribution in [1.82, 2.24) is 10.2 Å². The zero-order chi connectivity index (χ0) is 19.6. The van der Waals surface area contributed by atoms with Crippen molar-refractivity contribution in [1.29, 1.82) is 0 Å². The predicted molar refractivity (Wildman–Crippen MR) is 99.1 cm³/mol. The van der Waals surface area contributed by atoms with E-state index in [4.69, 9.17) is 0 Å². The number of piperidine rings is 1. The molecule has 1 heterocycles. The lowest BCUT2D eigenvalue weighted by atomic mass is 9.85. The van der Waals surface area contributed by atoms with Crippen LogP contribution in [-0.2, 0) is 11.0 Å². The highest BCUT2D eigenvalue weighted by Gasteiger charge is 2.38. The molecule has 1 aromatic carbocycles. The summed E-state index contributed by atoms with van der Waals surface area (Å²) in [6.07, 6.45) is 0.242. The SMILES string of the molecule is CC(CC(=O)N(C1CC1)C(C)c1cccc(C(F)(F)F)c1)C1CCCNC1. The second-order valence-corrected chi connectivity index (χ2v) is 8.12. The molecule has 3 atom stereocenters. The topological polar surface area (TPSA) is 32.3 Å². The van der Waals surface area contributed by atoms with E-state index in [0.717, 1.165) is 44.8 Å². The second kappa shape index (κ2) is 8.21. The van der Waals surface area contributed by atoms with E-state index in [0.29, 0.717) is 17.9 Å². The molecule has 27 heavy (non-hydrogen) atoms. The van der Waals surface area contributed by atoms with Crippen molar-refractivity contribution in [3.8, 4) is 0 Å². The lowest BCUT2D eigenvalue weighted by Gasteiger charge is -2.33. The molecule has 1 aliphatic carbocycles. The molecule has 1 N–H and O–H groups in total. The predicted octanol–water partition coefficient (Wildman–Crippen LogP) is 4.78. The Balaban J connectivity index is 1.72. The summed E-state index contributed by atoms with van der Waals surface area (Å²) in [5.74, 6) is 0.841. The van der Waals surface area contributed by atoms with Crippen LogP contribution in [0, 0.1) is 11.8 Å². The van der Waals surface area contributed by atoms with Gasteiger partial charge in [0.15, 0.2) is 0 Å². The molecular weight excluding hydrogens is 353 g/mol. The Kier molecular flexibility index (Phi) is 6.14. The Morgan fingerprint density at radius 2 is 2.00 bits per heavy atom. The van der Waals surface area contributed by atoms with E-state index in [9.17, 15) is 18.0 Å². The summed E-state index contributed by atoms with van der Waals surface area (Å²) in [4.78, 5) is 14.9. The van der Waals surface area contributed by atoms with Gasteiger partial charge < -0.3 is 10.2 Å². The molecule has 1 saturated carbocycles. The summed E-state index contributed by atoms with van der Waals surface area (Å²) in [5, 5.41) is 3.39. The quantitative estimate of drug-likeness (QED) is 0.768. The Labute approximate surface area is 159 Å². The average Bonchev–Trinajstić information content (AvgIpc) is 3.47. The molecule has 3 rings (SSSR count). The van der Waals surface area contributed by atoms with Crippen molar-refractivity contribution in [3.63, 3.8) is 0 Å². The van der Waals surface area contributed by atoms with Gasteiger partial charge in [-0.15, -0.1) is 0 Å². The van der Waals surface area contributed by atoms with Crippen LogP contribution in [0.1, 0.15) is 63.1 Å². The standard InChI is InChI=1S/C21H29F3N2O/c1-14(17-6-4-10-25-13-17)11-20(27)26(19-8-9-19)15(2)16-5-3-7-18(12-16)21(22,23)24/h3,5,7,12,14-15,17,19,25H,4,6,8-11,13H2,1-2H3. The molecule has 6 heteroatoms. The van der Waals surface area contributed by atoms with E-state index < -0.39 is 11.7 Å². The van der Waals surface area contributed by atoms with Gasteiger partial charge in [-0.25, -0.2) is 0 Å². The second-order valence-electron chi connectivity index (χ2n) is 8.12. The highest BCUT2D eigenvalue weighted by atomic mass is 19.4. The first-order valence-electron chi connectivity index (χ1n) is 9.96. The fourth-order valence-corrected chi connectivity index (χ4v) is 4.14. The first-order chi connectivity index (χ1) is 12.8. The van der Waals surface area contributed by atoms with Crippen LogP contribution in [0.3, 0.4) is 0 Å². The first kappa shape index (κ1) is 20.2. The highest BCUT2D eigenvalue weighted by molar-refractivity contribution is 5.77. The maximum Gasteiger partial charge on any atom is 0.416 e. The number of carbonyl (C=O) groups excluding carboxylic acids is 1. The number of hydrogen-bond donors (Lipinski definition) is 1. The molecule has 0 radical (unpaired) electrons. The van der Waals surface area contributed by atoms with Gasteiger partial charge in [0.05, 0.1) is 11.6 Å². The van der Waals surface area contributed by atoms with E-state index in [-0.39, 0.29) is 23.9 Å². The molecule has 0 bridgehead atoms. The number of alkyl halides is 3. The fraction of sp³-hybridized carbons (Fsp3) is 0.667. The van der Waals surface area contributed by atoms with Gasteiger partial charge in [-0.05, 0) is 75.2 Å². The van der Waals surface area contributed by atoms with Crippen LogP contribution in [0.5, 0.6) is 0 Å². The minimum absolute atomic E-state index is 0.0699. The Hall–Kier alpha value is -1.56. The van der Waals surface area contributed by atoms with Gasteiger partial charge in [-0.2, -0.15) is 13.2 Å². The summed E-state index contributed by atoms with van der Waals surface area (Å²) in [6, 6.07) is 5.21. The number of hydrogen-bond acceptors (Lipinski definition) is 2. The number of carbonyl (C=O) groups is 1. The molecular formula is C21H29F3N2O. The molecule has 150 valence electrons. The number of benzene rings is 1. The maximum absolute atomic E-state index is 13.1. The molecule has 2 aliphatic rings. The molecule has 1 aromatic rings. The minimum atomic E-state index is -4.37. The largest absolute Gasteiger partial charge is 0.416 e. The van der Waals surface area contributed by atoms with Crippen molar-refractivity contribution < 1.29 is 18.0 Å². The molecule has 2 fully saturated rings. The van der Waals surface area contributed by atoms with Gasteiger partial charge >= 0.3 is 6.18 Å². The third-order valence-electron chi connectivity index (χ3n) is 5.98. The molecule has 1 amide bonds. The molecule has 3 nitrogen and oxygen atoms in total. The lowest BCUT2D eigenvalue weighted by Crippen LogP contribution is -2.39. The molecule has 0 spiro atoms. The Bertz CT molecular complexity index is 651. The molecule has 1 saturated heterocycles. The van der Waals surface area contributed by atoms with Crippen LogP contribution < -0.4 is 5.32 Å². The van der Waals surface area contributed by atoms with E-state index in [1.165, 1.54) is 12.1 Å². The fourth-order valence-electron chi connectivity index (χ4n) is 4.14. The normalized spacial score (nSPS) is 22.9. The van der Waals surface area contributed by atoms with Crippen LogP contribution in [0.2, 0.25) is 0 Å².